The van der Waals surface area contributed by atoms with Crippen molar-refractivity contribution in [1.29, 1.82) is 0 Å². The third kappa shape index (κ3) is 3.96. The van der Waals surface area contributed by atoms with Gasteiger partial charge in [-0.2, -0.15) is 0 Å². The van der Waals surface area contributed by atoms with E-state index in [-0.39, 0.29) is 27.0 Å². The van der Waals surface area contributed by atoms with Crippen molar-refractivity contribution >= 4 is 44.6 Å². The van der Waals surface area contributed by atoms with Gasteiger partial charge in [0.05, 0.1) is 11.1 Å². The number of hydrogen-bond acceptors (Lipinski definition) is 4. The van der Waals surface area contributed by atoms with Gasteiger partial charge >= 0.3 is 0 Å². The maximum Gasteiger partial charge on any atom is 0.242 e. The van der Waals surface area contributed by atoms with Gasteiger partial charge in [0.2, 0.25) is 10.0 Å². The predicted octanol–water partition coefficient (Wildman–Crippen LogP) is 4.13. The third-order valence-electron chi connectivity index (χ3n) is 2.88. The number of pyridine rings is 1. The van der Waals surface area contributed by atoms with Crippen LogP contribution in [0.2, 0.25) is 10.2 Å². The molecule has 0 saturated carbocycles. The molecule has 8 heteroatoms. The predicted molar refractivity (Wildman–Crippen MR) is 86.5 cm³/mol. The zero-order valence-electron chi connectivity index (χ0n) is 11.4. The number of halogens is 2. The number of nitrogens with one attached hydrogen (secondary N) is 1. The van der Waals surface area contributed by atoms with Crippen molar-refractivity contribution in [2.45, 2.75) is 24.8 Å². The van der Waals surface area contributed by atoms with Gasteiger partial charge in [0.1, 0.15) is 10.0 Å². The molecule has 2 rings (SSSR count). The van der Waals surface area contributed by atoms with Gasteiger partial charge < -0.3 is 0 Å². The first-order valence-electron chi connectivity index (χ1n) is 6.18. The molecule has 1 unspecified atom stereocenters. The summed E-state index contributed by atoms with van der Waals surface area (Å²) in [6, 6.07) is 4.80. The summed E-state index contributed by atoms with van der Waals surface area (Å²) in [6.07, 6.45) is 1.20. The summed E-state index contributed by atoms with van der Waals surface area (Å²) in [5.41, 5.74) is 0. The molecule has 1 N–H and O–H groups in total. The fraction of sp³-hybridized carbons (Fsp3) is 0.308. The molecule has 0 fully saturated rings. The standard InChI is InChI=1S/C13H14Cl2N2O2S2/c1-8(2)12(11-4-3-5-20-11)17-21(18,19)9-6-10(14)13(15)16-7-9/h3-8,12,17H,1-2H3. The van der Waals surface area contributed by atoms with E-state index in [9.17, 15) is 8.42 Å². The van der Waals surface area contributed by atoms with Crippen molar-refractivity contribution < 1.29 is 8.42 Å². The Morgan fingerprint density at radius 2 is 2.05 bits per heavy atom. The Labute approximate surface area is 138 Å². The molecule has 4 nitrogen and oxygen atoms in total. The van der Waals surface area contributed by atoms with Crippen LogP contribution in [0.3, 0.4) is 0 Å². The van der Waals surface area contributed by atoms with Crippen molar-refractivity contribution in [1.82, 2.24) is 9.71 Å². The van der Waals surface area contributed by atoms with Crippen molar-refractivity contribution in [3.05, 3.63) is 44.8 Å². The molecule has 0 aromatic carbocycles. The van der Waals surface area contributed by atoms with E-state index in [0.717, 1.165) is 4.88 Å². The van der Waals surface area contributed by atoms with E-state index in [1.165, 1.54) is 23.6 Å². The lowest BCUT2D eigenvalue weighted by molar-refractivity contribution is 0.469. The molecule has 0 aliphatic heterocycles. The average molecular weight is 365 g/mol. The van der Waals surface area contributed by atoms with E-state index < -0.39 is 10.0 Å². The van der Waals surface area contributed by atoms with Crippen molar-refractivity contribution in [3.63, 3.8) is 0 Å². The molecule has 0 radical (unpaired) electrons. The Balaban J connectivity index is 2.32. The van der Waals surface area contributed by atoms with Crippen molar-refractivity contribution in [2.75, 3.05) is 0 Å². The molecular weight excluding hydrogens is 351 g/mol. The summed E-state index contributed by atoms with van der Waals surface area (Å²) in [7, 11) is -3.72. The Kier molecular flexibility index (Phi) is 5.27. The highest BCUT2D eigenvalue weighted by atomic mass is 35.5. The second-order valence-electron chi connectivity index (χ2n) is 4.80. The van der Waals surface area contributed by atoms with E-state index in [1.54, 1.807) is 0 Å². The van der Waals surface area contributed by atoms with Crippen LogP contribution in [-0.4, -0.2) is 13.4 Å². The maximum absolute atomic E-state index is 12.5. The minimum Gasteiger partial charge on any atom is -0.242 e. The van der Waals surface area contributed by atoms with E-state index >= 15 is 0 Å². The Hall–Kier alpha value is -0.660. The van der Waals surface area contributed by atoms with Crippen LogP contribution in [0.25, 0.3) is 0 Å². The molecule has 2 heterocycles. The molecule has 1 atom stereocenters. The van der Waals surface area contributed by atoms with Gasteiger partial charge in [-0.3, -0.25) is 0 Å². The van der Waals surface area contributed by atoms with Gasteiger partial charge in [-0.15, -0.1) is 11.3 Å². The number of nitrogens with zero attached hydrogens (tertiary/aromatic N) is 1. The first kappa shape index (κ1) is 16.7. The van der Waals surface area contributed by atoms with Gasteiger partial charge in [-0.1, -0.05) is 43.1 Å². The van der Waals surface area contributed by atoms with Gasteiger partial charge in [0, 0.05) is 11.1 Å². The summed E-state index contributed by atoms with van der Waals surface area (Å²) in [5, 5.41) is 2.10. The van der Waals surface area contributed by atoms with Crippen LogP contribution in [0, 0.1) is 5.92 Å². The minimum absolute atomic E-state index is 0.000828. The minimum atomic E-state index is -3.72. The molecule has 21 heavy (non-hydrogen) atoms. The summed E-state index contributed by atoms with van der Waals surface area (Å²) < 4.78 is 27.6. The fourth-order valence-electron chi connectivity index (χ4n) is 1.78. The van der Waals surface area contributed by atoms with Crippen LogP contribution < -0.4 is 4.72 Å². The molecule has 0 amide bonds. The number of aromatic nitrogens is 1. The van der Waals surface area contributed by atoms with Crippen molar-refractivity contribution in [3.8, 4) is 0 Å². The van der Waals surface area contributed by atoms with E-state index in [4.69, 9.17) is 23.2 Å². The van der Waals surface area contributed by atoms with Crippen LogP contribution >= 0.6 is 34.5 Å². The SMILES string of the molecule is CC(C)C(NS(=O)(=O)c1cnc(Cl)c(Cl)c1)c1cccs1. The number of hydrogen-bond donors (Lipinski definition) is 1. The lowest BCUT2D eigenvalue weighted by atomic mass is 10.0. The second kappa shape index (κ2) is 6.62. The smallest absolute Gasteiger partial charge is 0.242 e. The van der Waals surface area contributed by atoms with Crippen LogP contribution in [0.15, 0.2) is 34.7 Å². The Morgan fingerprint density at radius 3 is 2.57 bits per heavy atom. The van der Waals surface area contributed by atoms with Crippen LogP contribution in [0.4, 0.5) is 0 Å². The van der Waals surface area contributed by atoms with Crippen LogP contribution in [0.1, 0.15) is 24.8 Å². The summed E-state index contributed by atoms with van der Waals surface area (Å²) in [5.74, 6) is 0.106. The monoisotopic (exact) mass is 364 g/mol. The summed E-state index contributed by atoms with van der Waals surface area (Å²) >= 11 is 13.1. The second-order valence-corrected chi connectivity index (χ2v) is 8.26. The van der Waals surface area contributed by atoms with E-state index in [0.29, 0.717) is 0 Å². The quantitative estimate of drug-likeness (QED) is 0.811. The van der Waals surface area contributed by atoms with E-state index in [2.05, 4.69) is 9.71 Å². The average Bonchev–Trinajstić information content (AvgIpc) is 2.92. The lowest BCUT2D eigenvalue weighted by Crippen LogP contribution is -2.31. The maximum atomic E-state index is 12.5. The van der Waals surface area contributed by atoms with Gasteiger partial charge in [-0.05, 0) is 23.4 Å². The van der Waals surface area contributed by atoms with Crippen LogP contribution in [0.5, 0.6) is 0 Å². The Morgan fingerprint density at radius 1 is 1.33 bits per heavy atom. The number of thiophene rings is 1. The highest BCUT2D eigenvalue weighted by Crippen LogP contribution is 2.28. The first-order valence-corrected chi connectivity index (χ1v) is 9.30. The highest BCUT2D eigenvalue weighted by molar-refractivity contribution is 7.89. The summed E-state index contributed by atoms with van der Waals surface area (Å²) in [4.78, 5) is 4.74. The molecule has 114 valence electrons. The normalized spacial score (nSPS) is 13.6. The largest absolute Gasteiger partial charge is 0.242 e. The molecule has 0 aliphatic carbocycles. The van der Waals surface area contributed by atoms with Crippen molar-refractivity contribution in [2.24, 2.45) is 5.92 Å². The molecule has 0 bridgehead atoms. The number of sulfonamides is 1. The molecule has 2 aromatic rings. The fourth-order valence-corrected chi connectivity index (χ4v) is 4.47. The zero-order valence-corrected chi connectivity index (χ0v) is 14.5. The van der Waals surface area contributed by atoms with Crippen LogP contribution in [-0.2, 0) is 10.0 Å². The molecule has 0 spiro atoms. The first-order chi connectivity index (χ1) is 9.81. The number of rotatable bonds is 5. The van der Waals surface area contributed by atoms with Gasteiger partial charge in [0.15, 0.2) is 0 Å². The van der Waals surface area contributed by atoms with Gasteiger partial charge in [-0.25, -0.2) is 18.1 Å². The summed E-state index contributed by atoms with van der Waals surface area (Å²) in [6.45, 7) is 3.92. The molecule has 2 aromatic heterocycles. The topological polar surface area (TPSA) is 59.1 Å². The third-order valence-corrected chi connectivity index (χ3v) is 5.93. The zero-order chi connectivity index (χ0) is 15.6. The van der Waals surface area contributed by atoms with E-state index in [1.807, 2.05) is 31.4 Å². The molecule has 0 saturated heterocycles. The Bertz CT molecular complexity index is 716. The highest BCUT2D eigenvalue weighted by Gasteiger charge is 2.25. The molecular formula is C13H14Cl2N2O2S2. The molecule has 0 aliphatic rings. The lowest BCUT2D eigenvalue weighted by Gasteiger charge is -2.21. The van der Waals surface area contributed by atoms with Gasteiger partial charge in [0.25, 0.3) is 0 Å².